The molecule has 120 valence electrons. The number of methoxy groups -OCH3 is 2. The second-order valence-electron chi connectivity index (χ2n) is 5.36. The predicted octanol–water partition coefficient (Wildman–Crippen LogP) is 3.72. The zero-order chi connectivity index (χ0) is 16.2. The minimum atomic E-state index is -2.54. The van der Waals surface area contributed by atoms with E-state index in [4.69, 9.17) is 9.47 Å². The lowest BCUT2D eigenvalue weighted by molar-refractivity contribution is -0.0410. The van der Waals surface area contributed by atoms with Gasteiger partial charge in [-0.3, -0.25) is 0 Å². The van der Waals surface area contributed by atoms with Crippen molar-refractivity contribution >= 4 is 12.0 Å². The van der Waals surface area contributed by atoms with Crippen molar-refractivity contribution < 1.29 is 23.0 Å². The summed E-state index contributed by atoms with van der Waals surface area (Å²) in [7, 11) is 2.79. The van der Waals surface area contributed by atoms with Gasteiger partial charge >= 0.3 is 5.97 Å². The number of halogens is 2. The van der Waals surface area contributed by atoms with Crippen LogP contribution in [0.3, 0.4) is 0 Å². The average Bonchev–Trinajstić information content (AvgIpc) is 2.52. The van der Waals surface area contributed by atoms with Gasteiger partial charge in [-0.2, -0.15) is 0 Å². The molecule has 0 aromatic carbocycles. The third-order valence-electron chi connectivity index (χ3n) is 3.82. The number of hydrogen-bond acceptors (Lipinski definition) is 4. The highest BCUT2D eigenvalue weighted by molar-refractivity contribution is 5.91. The van der Waals surface area contributed by atoms with Crippen molar-refractivity contribution in [3.63, 3.8) is 0 Å². The number of rotatable bonds is 4. The van der Waals surface area contributed by atoms with E-state index in [1.807, 2.05) is 6.08 Å². The van der Waals surface area contributed by atoms with Gasteiger partial charge in [-0.15, -0.1) is 0 Å². The minimum absolute atomic E-state index is 0.0799. The molecule has 1 heterocycles. The molecule has 22 heavy (non-hydrogen) atoms. The van der Waals surface area contributed by atoms with Crippen LogP contribution in [0.25, 0.3) is 6.08 Å². The molecule has 1 fully saturated rings. The molecule has 4 nitrogen and oxygen atoms in total. The van der Waals surface area contributed by atoms with Crippen LogP contribution in [0.4, 0.5) is 8.78 Å². The third kappa shape index (κ3) is 4.02. The van der Waals surface area contributed by atoms with E-state index in [9.17, 15) is 13.6 Å². The molecule has 0 saturated heterocycles. The number of allylic oxidation sites excluding steroid dienone is 1. The molecule has 1 aliphatic rings. The number of hydrogen-bond donors (Lipinski definition) is 0. The van der Waals surface area contributed by atoms with Crippen LogP contribution in [-0.2, 0) is 4.74 Å². The zero-order valence-electron chi connectivity index (χ0n) is 12.6. The summed E-state index contributed by atoms with van der Waals surface area (Å²) in [4.78, 5) is 15.7. The molecule has 0 atom stereocenters. The third-order valence-corrected chi connectivity index (χ3v) is 3.82. The second-order valence-corrected chi connectivity index (χ2v) is 5.36. The van der Waals surface area contributed by atoms with Crippen molar-refractivity contribution in [2.75, 3.05) is 14.2 Å². The lowest BCUT2D eigenvalue weighted by atomic mass is 9.86. The average molecular weight is 311 g/mol. The maximum Gasteiger partial charge on any atom is 0.357 e. The summed E-state index contributed by atoms with van der Waals surface area (Å²) in [6, 6.07) is 1.67. The van der Waals surface area contributed by atoms with Crippen LogP contribution in [-0.4, -0.2) is 31.1 Å². The van der Waals surface area contributed by atoms with Gasteiger partial charge in [0.25, 0.3) is 0 Å². The van der Waals surface area contributed by atoms with Gasteiger partial charge in [0, 0.05) is 18.4 Å². The number of nitrogens with zero attached hydrogens (tertiary/aromatic N) is 1. The summed E-state index contributed by atoms with van der Waals surface area (Å²) >= 11 is 0. The van der Waals surface area contributed by atoms with Crippen LogP contribution in [0.15, 0.2) is 18.3 Å². The summed E-state index contributed by atoms with van der Waals surface area (Å²) in [5.74, 6) is -2.49. The quantitative estimate of drug-likeness (QED) is 0.795. The van der Waals surface area contributed by atoms with E-state index in [0.717, 1.165) is 0 Å². The Hall–Kier alpha value is -1.98. The van der Waals surface area contributed by atoms with Gasteiger partial charge in [-0.25, -0.2) is 18.6 Å². The molecular weight excluding hydrogens is 292 g/mol. The normalized spacial score (nSPS) is 18.4. The minimum Gasteiger partial charge on any atom is -0.495 e. The van der Waals surface area contributed by atoms with Crippen molar-refractivity contribution in [1.29, 1.82) is 0 Å². The van der Waals surface area contributed by atoms with E-state index in [1.54, 1.807) is 12.1 Å². The molecular formula is C16H19F2NO3. The Morgan fingerprint density at radius 3 is 2.64 bits per heavy atom. The van der Waals surface area contributed by atoms with Gasteiger partial charge < -0.3 is 9.47 Å². The van der Waals surface area contributed by atoms with Gasteiger partial charge in [0.1, 0.15) is 5.75 Å². The van der Waals surface area contributed by atoms with Crippen molar-refractivity contribution in [3.05, 3.63) is 29.6 Å². The maximum absolute atomic E-state index is 13.1. The summed E-state index contributed by atoms with van der Waals surface area (Å²) in [5, 5.41) is 0. The van der Waals surface area contributed by atoms with Gasteiger partial charge in [0.15, 0.2) is 5.69 Å². The SMILES string of the molecule is COC(=O)c1ncc(OC)cc1/C=C/C1CCC(F)(F)CC1. The van der Waals surface area contributed by atoms with Crippen molar-refractivity contribution in [1.82, 2.24) is 4.98 Å². The van der Waals surface area contributed by atoms with E-state index in [0.29, 0.717) is 24.2 Å². The van der Waals surface area contributed by atoms with Crippen molar-refractivity contribution in [2.24, 2.45) is 5.92 Å². The number of carbonyl (C=O) groups excluding carboxylic acids is 1. The molecule has 0 radical (unpaired) electrons. The smallest absolute Gasteiger partial charge is 0.357 e. The fraction of sp³-hybridized carbons (Fsp3) is 0.500. The number of esters is 1. The molecule has 0 bridgehead atoms. The van der Waals surface area contributed by atoms with Crippen LogP contribution >= 0.6 is 0 Å². The Balaban J connectivity index is 2.17. The Morgan fingerprint density at radius 2 is 2.05 bits per heavy atom. The Morgan fingerprint density at radius 1 is 1.36 bits per heavy atom. The molecule has 0 spiro atoms. The predicted molar refractivity (Wildman–Crippen MR) is 78.1 cm³/mol. The summed E-state index contributed by atoms with van der Waals surface area (Å²) in [6.07, 6.45) is 5.71. The van der Waals surface area contributed by atoms with E-state index < -0.39 is 11.9 Å². The van der Waals surface area contributed by atoms with Crippen LogP contribution in [0.5, 0.6) is 5.75 Å². The molecule has 1 aromatic rings. The first-order valence-corrected chi connectivity index (χ1v) is 7.13. The van der Waals surface area contributed by atoms with Crippen molar-refractivity contribution in [2.45, 2.75) is 31.6 Å². The van der Waals surface area contributed by atoms with E-state index in [2.05, 4.69) is 4.98 Å². The maximum atomic E-state index is 13.1. The molecule has 0 N–H and O–H groups in total. The first-order chi connectivity index (χ1) is 10.4. The molecule has 1 aromatic heterocycles. The summed E-state index contributed by atoms with van der Waals surface area (Å²) < 4.78 is 36.1. The molecule has 1 aliphatic carbocycles. The Labute approximate surface area is 128 Å². The first kappa shape index (κ1) is 16.4. The highest BCUT2D eigenvalue weighted by Gasteiger charge is 2.33. The van der Waals surface area contributed by atoms with Crippen LogP contribution in [0.1, 0.15) is 41.7 Å². The highest BCUT2D eigenvalue weighted by Crippen LogP contribution is 2.36. The summed E-state index contributed by atoms with van der Waals surface area (Å²) in [6.45, 7) is 0. The number of carbonyl (C=O) groups is 1. The molecule has 2 rings (SSSR count). The van der Waals surface area contributed by atoms with E-state index in [1.165, 1.54) is 20.4 Å². The lowest BCUT2D eigenvalue weighted by Crippen LogP contribution is -2.23. The number of aromatic nitrogens is 1. The van der Waals surface area contributed by atoms with Crippen LogP contribution < -0.4 is 4.74 Å². The van der Waals surface area contributed by atoms with Gasteiger partial charge in [0.05, 0.1) is 20.4 Å². The Kier molecular flexibility index (Phi) is 5.11. The lowest BCUT2D eigenvalue weighted by Gasteiger charge is -2.26. The van der Waals surface area contributed by atoms with E-state index >= 15 is 0 Å². The summed E-state index contributed by atoms with van der Waals surface area (Å²) in [5.41, 5.74) is 0.740. The van der Waals surface area contributed by atoms with E-state index in [-0.39, 0.29) is 24.5 Å². The first-order valence-electron chi connectivity index (χ1n) is 7.13. The molecule has 0 unspecified atom stereocenters. The number of alkyl halides is 2. The second kappa shape index (κ2) is 6.85. The van der Waals surface area contributed by atoms with Gasteiger partial charge in [-0.1, -0.05) is 12.2 Å². The number of pyridine rings is 1. The fourth-order valence-electron chi connectivity index (χ4n) is 2.46. The van der Waals surface area contributed by atoms with Gasteiger partial charge in [-0.05, 0) is 24.8 Å². The molecule has 0 amide bonds. The zero-order valence-corrected chi connectivity index (χ0v) is 12.6. The monoisotopic (exact) mass is 311 g/mol. The number of ether oxygens (including phenoxy) is 2. The van der Waals surface area contributed by atoms with Crippen LogP contribution in [0, 0.1) is 5.92 Å². The largest absolute Gasteiger partial charge is 0.495 e. The Bertz CT molecular complexity index is 563. The van der Waals surface area contributed by atoms with Crippen molar-refractivity contribution in [3.8, 4) is 5.75 Å². The molecule has 1 saturated carbocycles. The van der Waals surface area contributed by atoms with Gasteiger partial charge in [0.2, 0.25) is 5.92 Å². The fourth-order valence-corrected chi connectivity index (χ4v) is 2.46. The standard InChI is InChI=1S/C16H19F2NO3/c1-21-13-9-12(14(19-10-13)15(20)22-2)4-3-11-5-7-16(17,18)8-6-11/h3-4,9-11H,5-8H2,1-2H3/b4-3+. The van der Waals surface area contributed by atoms with Crippen LogP contribution in [0.2, 0.25) is 0 Å². The highest BCUT2D eigenvalue weighted by atomic mass is 19.3. The molecule has 6 heteroatoms. The molecule has 0 aliphatic heterocycles. The topological polar surface area (TPSA) is 48.4 Å².